The normalized spacial score (nSPS) is 21.5. The second-order valence-corrected chi connectivity index (χ2v) is 5.49. The van der Waals surface area contributed by atoms with Gasteiger partial charge in [0, 0.05) is 25.7 Å². The second kappa shape index (κ2) is 5.56. The van der Waals surface area contributed by atoms with Gasteiger partial charge in [0.25, 0.3) is 0 Å². The predicted molar refractivity (Wildman–Crippen MR) is 76.4 cm³/mol. The fourth-order valence-corrected chi connectivity index (χ4v) is 2.46. The van der Waals surface area contributed by atoms with E-state index in [2.05, 4.69) is 60.3 Å². The summed E-state index contributed by atoms with van der Waals surface area (Å²) in [5.74, 6) is 2.89. The van der Waals surface area contributed by atoms with Gasteiger partial charge in [0.2, 0.25) is 0 Å². The average Bonchev–Trinajstić information content (AvgIpc) is 2.40. The highest BCUT2D eigenvalue weighted by atomic mass is 15.2. The van der Waals surface area contributed by atoms with Gasteiger partial charge in [-0.1, -0.05) is 36.3 Å². The topological polar surface area (TPSA) is 15.3 Å². The molecule has 0 spiro atoms. The Morgan fingerprint density at radius 1 is 1.39 bits per heavy atom. The van der Waals surface area contributed by atoms with Crippen LogP contribution in [-0.2, 0) is 6.42 Å². The first-order valence-corrected chi connectivity index (χ1v) is 6.62. The van der Waals surface area contributed by atoms with Crippen LogP contribution >= 0.6 is 0 Å². The van der Waals surface area contributed by atoms with Crippen molar-refractivity contribution in [2.24, 2.45) is 0 Å². The molecule has 0 aromatic heterocycles. The summed E-state index contributed by atoms with van der Waals surface area (Å²) in [5.41, 5.74) is 1.24. The fourth-order valence-electron chi connectivity index (χ4n) is 2.46. The Hall–Kier alpha value is -1.30. The minimum absolute atomic E-state index is 0.142. The van der Waals surface area contributed by atoms with Crippen LogP contribution in [0.3, 0.4) is 0 Å². The zero-order chi connectivity index (χ0) is 13.0. The summed E-state index contributed by atoms with van der Waals surface area (Å²) in [7, 11) is 0. The molecule has 1 N–H and O–H groups in total. The molecule has 1 aliphatic rings. The summed E-state index contributed by atoms with van der Waals surface area (Å²) in [6.45, 7) is 7.31. The molecule has 1 atom stereocenters. The first-order chi connectivity index (χ1) is 8.62. The number of hydrogen-bond acceptors (Lipinski definition) is 2. The summed E-state index contributed by atoms with van der Waals surface area (Å²) in [5, 5.41) is 3.58. The summed E-state index contributed by atoms with van der Waals surface area (Å²) in [6, 6.07) is 11.1. The van der Waals surface area contributed by atoms with Crippen molar-refractivity contribution in [1.82, 2.24) is 10.2 Å². The molecule has 1 aliphatic heterocycles. The van der Waals surface area contributed by atoms with Crippen LogP contribution in [-0.4, -0.2) is 36.1 Å². The van der Waals surface area contributed by atoms with Crippen LogP contribution in [0.25, 0.3) is 0 Å². The third kappa shape index (κ3) is 3.13. The minimum atomic E-state index is -0.142. The van der Waals surface area contributed by atoms with Gasteiger partial charge in [-0.3, -0.25) is 4.90 Å². The fraction of sp³-hybridized carbons (Fsp3) is 0.500. The van der Waals surface area contributed by atoms with E-state index in [0.29, 0.717) is 6.04 Å². The summed E-state index contributed by atoms with van der Waals surface area (Å²) in [6.07, 6.45) is 6.69. The van der Waals surface area contributed by atoms with Gasteiger partial charge in [0.05, 0.1) is 5.54 Å². The highest BCUT2D eigenvalue weighted by Gasteiger charge is 2.29. The van der Waals surface area contributed by atoms with Gasteiger partial charge in [0.15, 0.2) is 0 Å². The smallest absolute Gasteiger partial charge is 0.0767 e. The van der Waals surface area contributed by atoms with E-state index in [4.69, 9.17) is 6.42 Å². The molecule has 1 aromatic carbocycles. The van der Waals surface area contributed by atoms with Gasteiger partial charge < -0.3 is 5.32 Å². The van der Waals surface area contributed by atoms with E-state index in [-0.39, 0.29) is 5.54 Å². The van der Waals surface area contributed by atoms with E-state index in [1.807, 2.05) is 0 Å². The van der Waals surface area contributed by atoms with E-state index in [9.17, 15) is 0 Å². The van der Waals surface area contributed by atoms with Crippen LogP contribution in [0.2, 0.25) is 0 Å². The van der Waals surface area contributed by atoms with Crippen molar-refractivity contribution in [3.8, 4) is 12.3 Å². The van der Waals surface area contributed by atoms with Crippen LogP contribution < -0.4 is 5.32 Å². The van der Waals surface area contributed by atoms with E-state index < -0.39 is 0 Å². The number of nitrogens with zero attached hydrogens (tertiary/aromatic N) is 1. The standard InChI is InChI=1S/C16H22N2/c1-4-16(2,3)18-11-10-17-15(13-18)12-14-8-6-5-7-9-14/h1,5-9,15,17H,10-13H2,2-3H3. The maximum atomic E-state index is 5.62. The number of benzene rings is 1. The van der Waals surface area contributed by atoms with Crippen molar-refractivity contribution in [2.75, 3.05) is 19.6 Å². The molecule has 18 heavy (non-hydrogen) atoms. The molecular weight excluding hydrogens is 220 g/mol. The number of hydrogen-bond donors (Lipinski definition) is 1. The molecule has 0 radical (unpaired) electrons. The van der Waals surface area contributed by atoms with E-state index in [1.165, 1.54) is 5.56 Å². The highest BCUT2D eigenvalue weighted by Crippen LogP contribution is 2.17. The van der Waals surface area contributed by atoms with Crippen LogP contribution in [0, 0.1) is 12.3 Å². The Bertz CT molecular complexity index is 416. The Balaban J connectivity index is 1.98. The summed E-state index contributed by atoms with van der Waals surface area (Å²) >= 11 is 0. The Kier molecular flexibility index (Phi) is 4.06. The minimum Gasteiger partial charge on any atom is -0.311 e. The lowest BCUT2D eigenvalue weighted by molar-refractivity contribution is 0.122. The lowest BCUT2D eigenvalue weighted by Gasteiger charge is -2.41. The van der Waals surface area contributed by atoms with E-state index in [1.54, 1.807) is 0 Å². The maximum Gasteiger partial charge on any atom is 0.0767 e. The van der Waals surface area contributed by atoms with Crippen molar-refractivity contribution in [3.05, 3.63) is 35.9 Å². The number of rotatable bonds is 3. The molecule has 2 rings (SSSR count). The third-order valence-electron chi connectivity index (χ3n) is 3.72. The molecule has 1 aromatic rings. The average molecular weight is 242 g/mol. The lowest BCUT2D eigenvalue weighted by atomic mass is 9.98. The molecule has 2 heteroatoms. The second-order valence-electron chi connectivity index (χ2n) is 5.49. The zero-order valence-electron chi connectivity index (χ0n) is 11.3. The maximum absolute atomic E-state index is 5.62. The van der Waals surface area contributed by atoms with Gasteiger partial charge in [-0.05, 0) is 25.8 Å². The van der Waals surface area contributed by atoms with Crippen molar-refractivity contribution in [3.63, 3.8) is 0 Å². The Morgan fingerprint density at radius 2 is 2.11 bits per heavy atom. The van der Waals surface area contributed by atoms with Crippen LogP contribution in [0.4, 0.5) is 0 Å². The van der Waals surface area contributed by atoms with Gasteiger partial charge in [0.1, 0.15) is 0 Å². The molecule has 1 heterocycles. The molecule has 1 unspecified atom stereocenters. The van der Waals surface area contributed by atoms with E-state index >= 15 is 0 Å². The SMILES string of the molecule is C#CC(C)(C)N1CCNC(Cc2ccccc2)C1. The lowest BCUT2D eigenvalue weighted by Crippen LogP contribution is -2.57. The Labute approximate surface area is 110 Å². The third-order valence-corrected chi connectivity index (χ3v) is 3.72. The van der Waals surface area contributed by atoms with Gasteiger partial charge >= 0.3 is 0 Å². The summed E-state index contributed by atoms with van der Waals surface area (Å²) in [4.78, 5) is 2.40. The summed E-state index contributed by atoms with van der Waals surface area (Å²) < 4.78 is 0. The van der Waals surface area contributed by atoms with Crippen LogP contribution in [0.1, 0.15) is 19.4 Å². The molecule has 0 saturated carbocycles. The highest BCUT2D eigenvalue weighted by molar-refractivity contribution is 5.17. The van der Waals surface area contributed by atoms with Crippen molar-refractivity contribution < 1.29 is 0 Å². The monoisotopic (exact) mass is 242 g/mol. The zero-order valence-corrected chi connectivity index (χ0v) is 11.3. The molecule has 96 valence electrons. The van der Waals surface area contributed by atoms with Crippen LogP contribution in [0.15, 0.2) is 30.3 Å². The van der Waals surface area contributed by atoms with Gasteiger partial charge in [-0.25, -0.2) is 0 Å². The van der Waals surface area contributed by atoms with Gasteiger partial charge in [-0.2, -0.15) is 0 Å². The Morgan fingerprint density at radius 3 is 2.78 bits per heavy atom. The van der Waals surface area contributed by atoms with Crippen molar-refractivity contribution >= 4 is 0 Å². The largest absolute Gasteiger partial charge is 0.311 e. The molecule has 2 nitrogen and oxygen atoms in total. The molecule has 0 aliphatic carbocycles. The molecule has 0 bridgehead atoms. The number of nitrogens with one attached hydrogen (secondary N) is 1. The first-order valence-electron chi connectivity index (χ1n) is 6.62. The van der Waals surface area contributed by atoms with Crippen molar-refractivity contribution in [1.29, 1.82) is 0 Å². The molecule has 1 fully saturated rings. The number of piperazine rings is 1. The van der Waals surface area contributed by atoms with Gasteiger partial charge in [-0.15, -0.1) is 6.42 Å². The quantitative estimate of drug-likeness (QED) is 0.815. The molecular formula is C16H22N2. The number of terminal acetylenes is 1. The van der Waals surface area contributed by atoms with Crippen molar-refractivity contribution in [2.45, 2.75) is 31.8 Å². The molecule has 0 amide bonds. The van der Waals surface area contributed by atoms with E-state index in [0.717, 1.165) is 26.1 Å². The predicted octanol–water partition coefficient (Wildman–Crippen LogP) is 1.91. The first kappa shape index (κ1) is 13.1. The molecule has 1 saturated heterocycles. The van der Waals surface area contributed by atoms with Crippen LogP contribution in [0.5, 0.6) is 0 Å².